The Hall–Kier alpha value is -1.04. The minimum absolute atomic E-state index is 0.206. The second kappa shape index (κ2) is 5.94. The average molecular weight is 361 g/mol. The lowest BCUT2D eigenvalue weighted by atomic mass is 10.2. The summed E-state index contributed by atoms with van der Waals surface area (Å²) in [6.07, 6.45) is 0. The Morgan fingerprint density at radius 1 is 1.05 bits per heavy atom. The highest BCUT2D eigenvalue weighted by Crippen LogP contribution is 2.24. The number of para-hydroxylation sites is 1. The van der Waals surface area contributed by atoms with Crippen molar-refractivity contribution < 1.29 is 8.42 Å². The molecule has 0 heterocycles. The van der Waals surface area contributed by atoms with E-state index in [1.807, 2.05) is 0 Å². The Labute approximate surface area is 125 Å². The summed E-state index contributed by atoms with van der Waals surface area (Å²) in [4.78, 5) is 0.206. The fraction of sp³-hybridized carbons (Fsp3) is 0.0769. The molecule has 0 bridgehead atoms. The molecule has 0 fully saturated rings. The Bertz CT molecular complexity index is 671. The summed E-state index contributed by atoms with van der Waals surface area (Å²) >= 11 is 9.25. The van der Waals surface area contributed by atoms with Crippen LogP contribution in [0.2, 0.25) is 5.02 Å². The molecule has 0 spiro atoms. The van der Waals surface area contributed by atoms with Crippen LogP contribution in [0.15, 0.2) is 53.4 Å². The average Bonchev–Trinajstić information content (AvgIpc) is 2.41. The SMILES string of the molecule is O=S(=O)(Nc1ccccc1Cl)c1ccc(CBr)cc1. The zero-order chi connectivity index (χ0) is 13.9. The first-order valence-corrected chi connectivity index (χ1v) is 8.43. The van der Waals surface area contributed by atoms with E-state index < -0.39 is 10.0 Å². The number of nitrogens with one attached hydrogen (secondary N) is 1. The number of hydrogen-bond donors (Lipinski definition) is 1. The number of hydrogen-bond acceptors (Lipinski definition) is 2. The third kappa shape index (κ3) is 3.49. The van der Waals surface area contributed by atoms with E-state index in [4.69, 9.17) is 11.6 Å². The standard InChI is InChI=1S/C13H11BrClNO2S/c14-9-10-5-7-11(8-6-10)19(17,18)16-13-4-2-1-3-12(13)15/h1-8,16H,9H2. The highest BCUT2D eigenvalue weighted by molar-refractivity contribution is 9.08. The largest absolute Gasteiger partial charge is 0.278 e. The lowest BCUT2D eigenvalue weighted by molar-refractivity contribution is 0.601. The van der Waals surface area contributed by atoms with Crippen LogP contribution in [0.25, 0.3) is 0 Å². The minimum atomic E-state index is -3.61. The molecule has 2 aromatic carbocycles. The normalized spacial score (nSPS) is 11.3. The second-order valence-corrected chi connectivity index (χ2v) is 6.51. The predicted molar refractivity (Wildman–Crippen MR) is 81.3 cm³/mol. The van der Waals surface area contributed by atoms with Crippen molar-refractivity contribution in [2.45, 2.75) is 10.2 Å². The highest BCUT2D eigenvalue weighted by Gasteiger charge is 2.15. The molecule has 0 aliphatic heterocycles. The van der Waals surface area contributed by atoms with Gasteiger partial charge < -0.3 is 0 Å². The fourth-order valence-electron chi connectivity index (χ4n) is 1.51. The summed E-state index contributed by atoms with van der Waals surface area (Å²) in [6.45, 7) is 0. The van der Waals surface area contributed by atoms with Gasteiger partial charge in [0.25, 0.3) is 10.0 Å². The molecule has 0 aliphatic carbocycles. The van der Waals surface area contributed by atoms with Crippen LogP contribution in [0.5, 0.6) is 0 Å². The molecule has 0 saturated heterocycles. The molecule has 100 valence electrons. The smallest absolute Gasteiger partial charge is 0.261 e. The lowest BCUT2D eigenvalue weighted by Crippen LogP contribution is -2.13. The monoisotopic (exact) mass is 359 g/mol. The van der Waals surface area contributed by atoms with Crippen LogP contribution in [0.1, 0.15) is 5.56 Å². The first-order chi connectivity index (χ1) is 9.03. The van der Waals surface area contributed by atoms with Crippen molar-refractivity contribution in [2.75, 3.05) is 4.72 Å². The molecular formula is C13H11BrClNO2S. The molecule has 1 N–H and O–H groups in total. The van der Waals surface area contributed by atoms with Crippen LogP contribution < -0.4 is 4.72 Å². The van der Waals surface area contributed by atoms with Gasteiger partial charge in [-0.25, -0.2) is 8.42 Å². The van der Waals surface area contributed by atoms with Crippen LogP contribution >= 0.6 is 27.5 Å². The summed E-state index contributed by atoms with van der Waals surface area (Å²) in [5.74, 6) is 0. The zero-order valence-corrected chi connectivity index (χ0v) is 13.0. The van der Waals surface area contributed by atoms with Gasteiger partial charge in [-0.3, -0.25) is 4.72 Å². The lowest BCUT2D eigenvalue weighted by Gasteiger charge is -2.09. The van der Waals surface area contributed by atoms with Crippen molar-refractivity contribution in [3.8, 4) is 0 Å². The number of halogens is 2. The van der Waals surface area contributed by atoms with E-state index in [1.165, 1.54) is 0 Å². The van der Waals surface area contributed by atoms with Gasteiger partial charge in [0.1, 0.15) is 0 Å². The van der Waals surface area contributed by atoms with Crippen molar-refractivity contribution in [3.63, 3.8) is 0 Å². The van der Waals surface area contributed by atoms with Crippen LogP contribution in [0.4, 0.5) is 5.69 Å². The first-order valence-electron chi connectivity index (χ1n) is 5.45. The van der Waals surface area contributed by atoms with Gasteiger partial charge in [0.05, 0.1) is 15.6 Å². The molecule has 6 heteroatoms. The van der Waals surface area contributed by atoms with Crippen molar-refractivity contribution in [2.24, 2.45) is 0 Å². The van der Waals surface area contributed by atoms with E-state index in [9.17, 15) is 8.42 Å². The third-order valence-electron chi connectivity index (χ3n) is 2.51. The quantitative estimate of drug-likeness (QED) is 0.837. The fourth-order valence-corrected chi connectivity index (χ4v) is 3.20. The number of benzene rings is 2. The molecule has 2 rings (SSSR count). The molecular weight excluding hydrogens is 350 g/mol. The van der Waals surface area contributed by atoms with Gasteiger partial charge >= 0.3 is 0 Å². The molecule has 19 heavy (non-hydrogen) atoms. The van der Waals surface area contributed by atoms with Gasteiger partial charge in [-0.15, -0.1) is 0 Å². The maximum atomic E-state index is 12.2. The van der Waals surface area contributed by atoms with Crippen molar-refractivity contribution in [1.29, 1.82) is 0 Å². The van der Waals surface area contributed by atoms with E-state index in [2.05, 4.69) is 20.7 Å². The maximum Gasteiger partial charge on any atom is 0.261 e. The molecule has 0 aromatic heterocycles. The van der Waals surface area contributed by atoms with Crippen molar-refractivity contribution in [1.82, 2.24) is 0 Å². The molecule has 0 radical (unpaired) electrons. The molecule has 0 amide bonds. The summed E-state index contributed by atoms with van der Waals surface area (Å²) in [5.41, 5.74) is 1.38. The van der Waals surface area contributed by atoms with E-state index in [0.717, 1.165) is 5.56 Å². The Balaban J connectivity index is 2.30. The van der Waals surface area contributed by atoms with E-state index >= 15 is 0 Å². The first kappa shape index (κ1) is 14.4. The van der Waals surface area contributed by atoms with Gasteiger partial charge in [-0.2, -0.15) is 0 Å². The van der Waals surface area contributed by atoms with Crippen LogP contribution in [0.3, 0.4) is 0 Å². The highest BCUT2D eigenvalue weighted by atomic mass is 79.9. The topological polar surface area (TPSA) is 46.2 Å². The van der Waals surface area contributed by atoms with Gasteiger partial charge in [-0.1, -0.05) is 51.8 Å². The van der Waals surface area contributed by atoms with Gasteiger partial charge in [0.2, 0.25) is 0 Å². The zero-order valence-electron chi connectivity index (χ0n) is 9.81. The molecule has 2 aromatic rings. The summed E-state index contributed by atoms with van der Waals surface area (Å²) in [5, 5.41) is 1.05. The molecule has 0 atom stereocenters. The van der Waals surface area contributed by atoms with Crippen LogP contribution in [-0.2, 0) is 15.4 Å². The van der Waals surface area contributed by atoms with Crippen molar-refractivity contribution in [3.05, 3.63) is 59.1 Å². The second-order valence-electron chi connectivity index (χ2n) is 3.86. The summed E-state index contributed by atoms with van der Waals surface area (Å²) < 4.78 is 26.8. The number of alkyl halides is 1. The van der Waals surface area contributed by atoms with E-state index in [0.29, 0.717) is 16.0 Å². The van der Waals surface area contributed by atoms with Crippen LogP contribution in [0, 0.1) is 0 Å². The predicted octanol–water partition coefficient (Wildman–Crippen LogP) is 4.04. The van der Waals surface area contributed by atoms with Gasteiger partial charge in [-0.05, 0) is 29.8 Å². The third-order valence-corrected chi connectivity index (χ3v) is 4.86. The van der Waals surface area contributed by atoms with E-state index in [-0.39, 0.29) is 4.90 Å². The molecule has 3 nitrogen and oxygen atoms in total. The van der Waals surface area contributed by atoms with Crippen molar-refractivity contribution >= 4 is 43.2 Å². The summed E-state index contributed by atoms with van der Waals surface area (Å²) in [6, 6.07) is 13.4. The van der Waals surface area contributed by atoms with Gasteiger partial charge in [0.15, 0.2) is 0 Å². The Morgan fingerprint density at radius 2 is 1.68 bits per heavy atom. The molecule has 0 saturated carbocycles. The number of anilines is 1. The number of sulfonamides is 1. The minimum Gasteiger partial charge on any atom is -0.278 e. The maximum absolute atomic E-state index is 12.2. The summed E-state index contributed by atoms with van der Waals surface area (Å²) in [7, 11) is -3.61. The number of rotatable bonds is 4. The van der Waals surface area contributed by atoms with Gasteiger partial charge in [0, 0.05) is 5.33 Å². The Morgan fingerprint density at radius 3 is 2.26 bits per heavy atom. The Kier molecular flexibility index (Phi) is 4.50. The van der Waals surface area contributed by atoms with Crippen LogP contribution in [-0.4, -0.2) is 8.42 Å². The molecule has 0 aliphatic rings. The molecule has 0 unspecified atom stereocenters. The van der Waals surface area contributed by atoms with E-state index in [1.54, 1.807) is 48.5 Å².